The SMILES string of the molecule is CCCOc1ccc(-c2nonc2NC(=O)[C@H](C)Oc2cc(C)cc(C)c2)cc1OCCC. The van der Waals surface area contributed by atoms with Gasteiger partial charge < -0.3 is 19.5 Å². The Kier molecular flexibility index (Phi) is 8.29. The van der Waals surface area contributed by atoms with E-state index in [0.717, 1.165) is 24.0 Å². The van der Waals surface area contributed by atoms with Crippen molar-refractivity contribution in [2.45, 2.75) is 53.6 Å². The summed E-state index contributed by atoms with van der Waals surface area (Å²) in [6, 6.07) is 11.3. The van der Waals surface area contributed by atoms with Crippen LogP contribution in [-0.4, -0.2) is 35.5 Å². The number of nitrogens with zero attached hydrogens (tertiary/aromatic N) is 2. The Morgan fingerprint density at radius 2 is 1.64 bits per heavy atom. The Morgan fingerprint density at radius 3 is 2.30 bits per heavy atom. The molecule has 0 fully saturated rings. The van der Waals surface area contributed by atoms with E-state index < -0.39 is 6.10 Å². The van der Waals surface area contributed by atoms with E-state index in [-0.39, 0.29) is 11.7 Å². The predicted molar refractivity (Wildman–Crippen MR) is 126 cm³/mol. The van der Waals surface area contributed by atoms with Gasteiger partial charge in [-0.15, -0.1) is 0 Å². The standard InChI is InChI=1S/C25H31N3O5/c1-6-10-30-21-9-8-19(15-22(21)31-11-7-2)23-24(28-33-27-23)26-25(29)18(5)32-20-13-16(3)12-17(4)14-20/h8-9,12-15,18H,6-7,10-11H2,1-5H3,(H,26,28,29)/t18-/m0/s1. The van der Waals surface area contributed by atoms with Crippen molar-refractivity contribution in [1.82, 2.24) is 10.3 Å². The molecular formula is C25H31N3O5. The minimum absolute atomic E-state index is 0.208. The minimum atomic E-state index is -0.746. The van der Waals surface area contributed by atoms with Crippen molar-refractivity contribution in [3.05, 3.63) is 47.5 Å². The molecule has 2 aromatic carbocycles. The van der Waals surface area contributed by atoms with Crippen molar-refractivity contribution in [2.24, 2.45) is 0 Å². The Bertz CT molecular complexity index is 1060. The average molecular weight is 454 g/mol. The molecule has 1 amide bonds. The van der Waals surface area contributed by atoms with E-state index in [0.29, 0.717) is 41.7 Å². The summed E-state index contributed by atoms with van der Waals surface area (Å²) >= 11 is 0. The number of anilines is 1. The first-order chi connectivity index (χ1) is 15.9. The molecule has 1 N–H and O–H groups in total. The second kappa shape index (κ2) is 11.4. The molecular weight excluding hydrogens is 422 g/mol. The van der Waals surface area contributed by atoms with Gasteiger partial charge in [0.15, 0.2) is 23.3 Å². The lowest BCUT2D eigenvalue weighted by molar-refractivity contribution is -0.122. The first-order valence-corrected chi connectivity index (χ1v) is 11.2. The van der Waals surface area contributed by atoms with Crippen molar-refractivity contribution in [3.8, 4) is 28.5 Å². The van der Waals surface area contributed by atoms with Gasteiger partial charge in [0.1, 0.15) is 5.75 Å². The quantitative estimate of drug-likeness (QED) is 0.419. The number of rotatable bonds is 11. The summed E-state index contributed by atoms with van der Waals surface area (Å²) in [5.74, 6) is 1.74. The molecule has 176 valence electrons. The fourth-order valence-electron chi connectivity index (χ4n) is 3.25. The van der Waals surface area contributed by atoms with Crippen molar-refractivity contribution in [1.29, 1.82) is 0 Å². The Labute approximate surface area is 194 Å². The summed E-state index contributed by atoms with van der Waals surface area (Å²) in [6.07, 6.45) is 1.01. The van der Waals surface area contributed by atoms with Crippen molar-refractivity contribution in [3.63, 3.8) is 0 Å². The van der Waals surface area contributed by atoms with Gasteiger partial charge in [-0.2, -0.15) is 0 Å². The van der Waals surface area contributed by atoms with Gasteiger partial charge in [0.05, 0.1) is 13.2 Å². The molecule has 8 nitrogen and oxygen atoms in total. The summed E-state index contributed by atoms with van der Waals surface area (Å²) in [6.45, 7) is 10.9. The molecule has 0 aliphatic heterocycles. The van der Waals surface area contributed by atoms with E-state index in [1.165, 1.54) is 0 Å². The maximum absolute atomic E-state index is 12.8. The van der Waals surface area contributed by atoms with Gasteiger partial charge in [-0.25, -0.2) is 4.63 Å². The zero-order chi connectivity index (χ0) is 23.8. The summed E-state index contributed by atoms with van der Waals surface area (Å²) in [4.78, 5) is 12.8. The van der Waals surface area contributed by atoms with Crippen LogP contribution in [0, 0.1) is 13.8 Å². The molecule has 0 aliphatic carbocycles. The first kappa shape index (κ1) is 24.1. The number of carbonyl (C=O) groups excluding carboxylic acids is 1. The van der Waals surface area contributed by atoms with Crippen LogP contribution in [0.3, 0.4) is 0 Å². The largest absolute Gasteiger partial charge is 0.490 e. The van der Waals surface area contributed by atoms with Gasteiger partial charge in [-0.1, -0.05) is 19.9 Å². The zero-order valence-electron chi connectivity index (χ0n) is 19.8. The van der Waals surface area contributed by atoms with Crippen LogP contribution < -0.4 is 19.5 Å². The van der Waals surface area contributed by atoms with Crippen LogP contribution in [-0.2, 0) is 4.79 Å². The molecule has 0 saturated carbocycles. The molecule has 1 atom stereocenters. The highest BCUT2D eigenvalue weighted by molar-refractivity contribution is 5.96. The second-order valence-electron chi connectivity index (χ2n) is 7.89. The van der Waals surface area contributed by atoms with Crippen LogP contribution in [0.4, 0.5) is 5.82 Å². The molecule has 3 aromatic rings. The zero-order valence-corrected chi connectivity index (χ0v) is 19.8. The number of benzene rings is 2. The number of hydrogen-bond acceptors (Lipinski definition) is 7. The molecule has 0 spiro atoms. The summed E-state index contributed by atoms with van der Waals surface area (Å²) in [5, 5.41) is 10.6. The number of aryl methyl sites for hydroxylation is 2. The van der Waals surface area contributed by atoms with E-state index in [1.807, 2.05) is 64.1 Å². The molecule has 1 aromatic heterocycles. The molecule has 0 aliphatic rings. The van der Waals surface area contributed by atoms with E-state index in [2.05, 4.69) is 15.6 Å². The molecule has 0 radical (unpaired) electrons. The fourth-order valence-corrected chi connectivity index (χ4v) is 3.25. The number of ether oxygens (including phenoxy) is 3. The maximum atomic E-state index is 12.8. The molecule has 8 heteroatoms. The lowest BCUT2D eigenvalue weighted by Gasteiger charge is -2.15. The summed E-state index contributed by atoms with van der Waals surface area (Å²) in [7, 11) is 0. The monoisotopic (exact) mass is 453 g/mol. The van der Waals surface area contributed by atoms with Gasteiger partial charge in [0, 0.05) is 5.56 Å². The highest BCUT2D eigenvalue weighted by Crippen LogP contribution is 2.34. The Morgan fingerprint density at radius 1 is 0.970 bits per heavy atom. The molecule has 0 unspecified atom stereocenters. The predicted octanol–water partition coefficient (Wildman–Crippen LogP) is 5.34. The highest BCUT2D eigenvalue weighted by Gasteiger charge is 2.21. The second-order valence-corrected chi connectivity index (χ2v) is 7.89. The number of nitrogens with one attached hydrogen (secondary N) is 1. The minimum Gasteiger partial charge on any atom is -0.490 e. The van der Waals surface area contributed by atoms with Gasteiger partial charge in [-0.3, -0.25) is 4.79 Å². The average Bonchev–Trinajstić information content (AvgIpc) is 3.23. The Balaban J connectivity index is 1.76. The lowest BCUT2D eigenvalue weighted by atomic mass is 10.1. The molecule has 0 saturated heterocycles. The van der Waals surface area contributed by atoms with E-state index in [4.69, 9.17) is 18.8 Å². The summed E-state index contributed by atoms with van der Waals surface area (Å²) in [5.41, 5.74) is 3.20. The van der Waals surface area contributed by atoms with Gasteiger partial charge in [-0.05, 0) is 85.4 Å². The van der Waals surface area contributed by atoms with Crippen LogP contribution in [0.5, 0.6) is 17.2 Å². The number of amides is 1. The van der Waals surface area contributed by atoms with Gasteiger partial charge in [0.2, 0.25) is 5.82 Å². The third-order valence-electron chi connectivity index (χ3n) is 4.75. The van der Waals surface area contributed by atoms with Crippen molar-refractivity contribution in [2.75, 3.05) is 18.5 Å². The topological polar surface area (TPSA) is 95.7 Å². The Hall–Kier alpha value is -3.55. The summed E-state index contributed by atoms with van der Waals surface area (Å²) < 4.78 is 22.4. The number of hydrogen-bond donors (Lipinski definition) is 1. The smallest absolute Gasteiger partial charge is 0.266 e. The molecule has 0 bridgehead atoms. The third kappa shape index (κ3) is 6.47. The molecule has 1 heterocycles. The van der Waals surface area contributed by atoms with E-state index in [1.54, 1.807) is 6.92 Å². The maximum Gasteiger partial charge on any atom is 0.266 e. The highest BCUT2D eigenvalue weighted by atomic mass is 16.6. The van der Waals surface area contributed by atoms with E-state index >= 15 is 0 Å². The van der Waals surface area contributed by atoms with Gasteiger partial charge >= 0.3 is 0 Å². The number of aromatic nitrogens is 2. The van der Waals surface area contributed by atoms with E-state index in [9.17, 15) is 4.79 Å². The van der Waals surface area contributed by atoms with Crippen LogP contribution in [0.2, 0.25) is 0 Å². The van der Waals surface area contributed by atoms with Crippen LogP contribution >= 0.6 is 0 Å². The molecule has 33 heavy (non-hydrogen) atoms. The van der Waals surface area contributed by atoms with Gasteiger partial charge in [0.25, 0.3) is 5.91 Å². The van der Waals surface area contributed by atoms with Crippen LogP contribution in [0.1, 0.15) is 44.7 Å². The number of carbonyl (C=O) groups is 1. The lowest BCUT2D eigenvalue weighted by Crippen LogP contribution is -2.30. The van der Waals surface area contributed by atoms with Crippen LogP contribution in [0.25, 0.3) is 11.3 Å². The normalized spacial score (nSPS) is 11.7. The third-order valence-corrected chi connectivity index (χ3v) is 4.75. The van der Waals surface area contributed by atoms with Crippen molar-refractivity contribution < 1.29 is 23.6 Å². The fraction of sp³-hybridized carbons (Fsp3) is 0.400. The van der Waals surface area contributed by atoms with Crippen LogP contribution in [0.15, 0.2) is 41.0 Å². The molecule has 3 rings (SSSR count). The first-order valence-electron chi connectivity index (χ1n) is 11.2. The van der Waals surface area contributed by atoms with Crippen molar-refractivity contribution >= 4 is 11.7 Å².